The number of aromatic nitrogens is 2. The molecule has 8 nitrogen and oxygen atoms in total. The van der Waals surface area contributed by atoms with E-state index in [4.69, 9.17) is 25.8 Å². The maximum atomic E-state index is 10.5. The van der Waals surface area contributed by atoms with E-state index in [2.05, 4.69) is 5.10 Å². The fraction of sp³-hybridized carbons (Fsp3) is 0.700. The average molecular weight is 294 g/mol. The van der Waals surface area contributed by atoms with Crippen molar-refractivity contribution in [1.82, 2.24) is 9.78 Å². The standard InChI is InChI=1S/C10H16ClN3O5/c1-17-4-5-19-7-6-18-3-2-13-8-9(11)10(12-13)14(15)16/h8H,2-7H2,1H3. The summed E-state index contributed by atoms with van der Waals surface area (Å²) in [5, 5.41) is 14.3. The van der Waals surface area contributed by atoms with Crippen molar-refractivity contribution in [2.45, 2.75) is 6.54 Å². The van der Waals surface area contributed by atoms with Crippen molar-refractivity contribution in [3.05, 3.63) is 21.3 Å². The van der Waals surface area contributed by atoms with Crippen LogP contribution in [0.2, 0.25) is 5.02 Å². The van der Waals surface area contributed by atoms with E-state index < -0.39 is 4.92 Å². The lowest BCUT2D eigenvalue weighted by atomic mass is 10.6. The number of hydrogen-bond acceptors (Lipinski definition) is 6. The van der Waals surface area contributed by atoms with E-state index in [-0.39, 0.29) is 10.8 Å². The summed E-state index contributed by atoms with van der Waals surface area (Å²) in [7, 11) is 1.61. The maximum Gasteiger partial charge on any atom is 0.408 e. The van der Waals surface area contributed by atoms with Gasteiger partial charge in [-0.15, -0.1) is 0 Å². The van der Waals surface area contributed by atoms with Crippen LogP contribution in [0.5, 0.6) is 0 Å². The molecule has 19 heavy (non-hydrogen) atoms. The molecule has 0 aromatic carbocycles. The van der Waals surface area contributed by atoms with Crippen LogP contribution in [0.25, 0.3) is 0 Å². The van der Waals surface area contributed by atoms with Gasteiger partial charge in [0.1, 0.15) is 0 Å². The Labute approximate surface area is 115 Å². The van der Waals surface area contributed by atoms with Gasteiger partial charge in [-0.3, -0.25) is 0 Å². The lowest BCUT2D eigenvalue weighted by Gasteiger charge is -2.04. The molecule has 0 N–H and O–H groups in total. The first-order valence-corrected chi connectivity index (χ1v) is 6.04. The lowest BCUT2D eigenvalue weighted by Crippen LogP contribution is -2.12. The van der Waals surface area contributed by atoms with Gasteiger partial charge in [-0.25, -0.2) is 0 Å². The molecule has 0 bridgehead atoms. The van der Waals surface area contributed by atoms with Crippen LogP contribution in [-0.2, 0) is 20.8 Å². The zero-order valence-electron chi connectivity index (χ0n) is 10.6. The van der Waals surface area contributed by atoms with E-state index in [0.29, 0.717) is 39.6 Å². The van der Waals surface area contributed by atoms with Crippen molar-refractivity contribution >= 4 is 17.4 Å². The molecule has 0 fully saturated rings. The topological polar surface area (TPSA) is 88.7 Å². The van der Waals surface area contributed by atoms with Crippen molar-refractivity contribution in [3.63, 3.8) is 0 Å². The van der Waals surface area contributed by atoms with Gasteiger partial charge in [0.25, 0.3) is 0 Å². The van der Waals surface area contributed by atoms with E-state index in [1.165, 1.54) is 10.9 Å². The second kappa shape index (κ2) is 8.81. The molecular weight excluding hydrogens is 278 g/mol. The van der Waals surface area contributed by atoms with E-state index in [9.17, 15) is 10.1 Å². The Morgan fingerprint density at radius 1 is 1.32 bits per heavy atom. The number of hydrogen-bond donors (Lipinski definition) is 0. The molecule has 0 aliphatic carbocycles. The molecule has 0 aliphatic rings. The van der Waals surface area contributed by atoms with E-state index >= 15 is 0 Å². The first-order valence-electron chi connectivity index (χ1n) is 5.67. The summed E-state index contributed by atoms with van der Waals surface area (Å²) in [6.45, 7) is 2.77. The Bertz CT molecular complexity index is 399. The molecule has 1 aromatic rings. The number of methoxy groups -OCH3 is 1. The molecule has 0 saturated heterocycles. The monoisotopic (exact) mass is 293 g/mol. The molecule has 0 unspecified atom stereocenters. The Hall–Kier alpha value is -1.22. The van der Waals surface area contributed by atoms with Crippen LogP contribution in [0.3, 0.4) is 0 Å². The molecule has 0 spiro atoms. The minimum Gasteiger partial charge on any atom is -0.382 e. The molecule has 9 heteroatoms. The first-order chi connectivity index (χ1) is 9.15. The van der Waals surface area contributed by atoms with Gasteiger partial charge in [0.05, 0.1) is 50.9 Å². The number of rotatable bonds is 10. The average Bonchev–Trinajstić information content (AvgIpc) is 2.74. The Balaban J connectivity index is 2.12. The summed E-state index contributed by atoms with van der Waals surface area (Å²) in [5.74, 6) is -0.343. The molecule has 0 atom stereocenters. The molecule has 1 heterocycles. The van der Waals surface area contributed by atoms with Gasteiger partial charge in [-0.1, -0.05) is 11.6 Å². The minimum atomic E-state index is -0.622. The summed E-state index contributed by atoms with van der Waals surface area (Å²) < 4.78 is 16.7. The predicted molar refractivity (Wildman–Crippen MR) is 67.4 cm³/mol. The largest absolute Gasteiger partial charge is 0.408 e. The molecule has 1 rings (SSSR count). The number of nitrogens with zero attached hydrogens (tertiary/aromatic N) is 3. The number of nitro groups is 1. The van der Waals surface area contributed by atoms with Gasteiger partial charge in [0.2, 0.25) is 0 Å². The van der Waals surface area contributed by atoms with Gasteiger partial charge < -0.3 is 24.3 Å². The summed E-state index contributed by atoms with van der Waals surface area (Å²) in [5.41, 5.74) is 0. The smallest absolute Gasteiger partial charge is 0.382 e. The van der Waals surface area contributed by atoms with Crippen LogP contribution in [0.15, 0.2) is 6.20 Å². The predicted octanol–water partition coefficient (Wildman–Crippen LogP) is 1.12. The Morgan fingerprint density at radius 2 is 1.95 bits per heavy atom. The Kier molecular flexibility index (Phi) is 7.34. The molecule has 0 radical (unpaired) electrons. The number of ether oxygens (including phenoxy) is 3. The third-order valence-corrected chi connectivity index (χ3v) is 2.41. The quantitative estimate of drug-likeness (QED) is 0.365. The molecule has 0 saturated carbocycles. The van der Waals surface area contributed by atoms with Gasteiger partial charge in [-0.2, -0.15) is 4.68 Å². The van der Waals surface area contributed by atoms with Crippen LogP contribution in [0, 0.1) is 10.1 Å². The molecule has 0 amide bonds. The highest BCUT2D eigenvalue weighted by atomic mass is 35.5. The summed E-state index contributed by atoms with van der Waals surface area (Å²) in [6, 6.07) is 0. The lowest BCUT2D eigenvalue weighted by molar-refractivity contribution is -0.389. The fourth-order valence-corrected chi connectivity index (χ4v) is 1.47. The highest BCUT2D eigenvalue weighted by Gasteiger charge is 2.18. The SMILES string of the molecule is COCCOCCOCCn1cc(Cl)c([N+](=O)[O-])n1. The normalized spacial score (nSPS) is 10.8. The minimum absolute atomic E-state index is 0.0212. The number of halogens is 1. The van der Waals surface area contributed by atoms with Crippen LogP contribution >= 0.6 is 11.6 Å². The zero-order valence-corrected chi connectivity index (χ0v) is 11.3. The van der Waals surface area contributed by atoms with Crippen molar-refractivity contribution < 1.29 is 19.1 Å². The molecule has 108 valence electrons. The van der Waals surface area contributed by atoms with E-state index in [1.54, 1.807) is 7.11 Å². The summed E-state index contributed by atoms with van der Waals surface area (Å²) in [4.78, 5) is 9.90. The van der Waals surface area contributed by atoms with Gasteiger partial charge in [0, 0.05) is 7.11 Å². The highest BCUT2D eigenvalue weighted by molar-refractivity contribution is 6.32. The molecular formula is C10H16ClN3O5. The van der Waals surface area contributed by atoms with Crippen molar-refractivity contribution in [2.24, 2.45) is 0 Å². The second-order valence-corrected chi connectivity index (χ2v) is 3.95. The van der Waals surface area contributed by atoms with Crippen molar-refractivity contribution in [2.75, 3.05) is 40.1 Å². The molecule has 0 aliphatic heterocycles. The first kappa shape index (κ1) is 15.8. The van der Waals surface area contributed by atoms with Crippen molar-refractivity contribution in [3.8, 4) is 0 Å². The van der Waals surface area contributed by atoms with Crippen LogP contribution < -0.4 is 0 Å². The third-order valence-electron chi connectivity index (χ3n) is 2.14. The van der Waals surface area contributed by atoms with E-state index in [1.807, 2.05) is 0 Å². The van der Waals surface area contributed by atoms with Crippen LogP contribution in [0.1, 0.15) is 0 Å². The second-order valence-electron chi connectivity index (χ2n) is 3.54. The van der Waals surface area contributed by atoms with Crippen molar-refractivity contribution in [1.29, 1.82) is 0 Å². The maximum absolute atomic E-state index is 10.5. The molecule has 1 aromatic heterocycles. The highest BCUT2D eigenvalue weighted by Crippen LogP contribution is 2.20. The van der Waals surface area contributed by atoms with Crippen LogP contribution in [0.4, 0.5) is 5.82 Å². The van der Waals surface area contributed by atoms with Gasteiger partial charge in [0.15, 0.2) is 5.02 Å². The van der Waals surface area contributed by atoms with Crippen LogP contribution in [-0.4, -0.2) is 54.8 Å². The third kappa shape index (κ3) is 5.97. The zero-order chi connectivity index (χ0) is 14.1. The summed E-state index contributed by atoms with van der Waals surface area (Å²) >= 11 is 5.65. The Morgan fingerprint density at radius 3 is 2.53 bits per heavy atom. The fourth-order valence-electron chi connectivity index (χ4n) is 1.25. The van der Waals surface area contributed by atoms with E-state index in [0.717, 1.165) is 0 Å². The van der Waals surface area contributed by atoms with Gasteiger partial charge >= 0.3 is 5.82 Å². The summed E-state index contributed by atoms with van der Waals surface area (Å²) in [6.07, 6.45) is 1.40. The van der Waals surface area contributed by atoms with Gasteiger partial charge in [-0.05, 0) is 4.92 Å².